The van der Waals surface area contributed by atoms with Gasteiger partial charge in [-0.2, -0.15) is 0 Å². The molecule has 2 rings (SSSR count). The molecule has 1 aromatic rings. The quantitative estimate of drug-likeness (QED) is 0.735. The Morgan fingerprint density at radius 1 is 1.53 bits per heavy atom. The van der Waals surface area contributed by atoms with E-state index < -0.39 is 0 Å². The maximum absolute atomic E-state index is 10.8. The summed E-state index contributed by atoms with van der Waals surface area (Å²) in [6, 6.07) is 5.36. The molecular weight excluding hydrogens is 190 g/mol. The van der Waals surface area contributed by atoms with Crippen LogP contribution in [-0.4, -0.2) is 24.0 Å². The molecule has 1 aliphatic rings. The monoisotopic (exact) mass is 205 g/mol. The topological polar surface area (TPSA) is 49.3 Å². The van der Waals surface area contributed by atoms with Crippen LogP contribution in [0.4, 0.5) is 0 Å². The summed E-state index contributed by atoms with van der Waals surface area (Å²) in [5.41, 5.74) is 1.62. The van der Waals surface area contributed by atoms with Crippen molar-refractivity contribution >= 4 is 6.29 Å². The number of phenolic OH excluding ortho intramolecular Hbond substituents is 1. The van der Waals surface area contributed by atoms with Gasteiger partial charge in [-0.3, -0.25) is 4.79 Å². The minimum absolute atomic E-state index is 0.230. The molecule has 0 saturated carbocycles. The number of benzene rings is 1. The van der Waals surface area contributed by atoms with E-state index in [1.54, 1.807) is 18.2 Å². The zero-order chi connectivity index (χ0) is 10.7. The van der Waals surface area contributed by atoms with Crippen LogP contribution in [0.3, 0.4) is 0 Å². The molecule has 1 atom stereocenters. The maximum atomic E-state index is 10.8. The molecule has 0 aromatic heterocycles. The number of phenols is 1. The average molecular weight is 205 g/mol. The zero-order valence-corrected chi connectivity index (χ0v) is 8.57. The molecule has 80 valence electrons. The lowest BCUT2D eigenvalue weighted by Gasteiger charge is -2.11. The minimum Gasteiger partial charge on any atom is -0.508 e. The molecule has 0 aliphatic carbocycles. The lowest BCUT2D eigenvalue weighted by atomic mass is 10.00. The van der Waals surface area contributed by atoms with Crippen molar-refractivity contribution in [3.05, 3.63) is 29.3 Å². The number of nitrogens with one attached hydrogen (secondary N) is 1. The Kier molecular flexibility index (Phi) is 3.02. The second-order valence-electron chi connectivity index (χ2n) is 4.00. The van der Waals surface area contributed by atoms with Crippen LogP contribution in [-0.2, 0) is 6.42 Å². The highest BCUT2D eigenvalue weighted by Gasteiger charge is 2.16. The summed E-state index contributed by atoms with van der Waals surface area (Å²) in [6.45, 7) is 1.06. The summed E-state index contributed by atoms with van der Waals surface area (Å²) in [6.07, 6.45) is 4.01. The van der Waals surface area contributed by atoms with Crippen molar-refractivity contribution in [3.63, 3.8) is 0 Å². The standard InChI is InChI=1S/C12H15NO2/c14-8-9-3-4-12(15)7-10(9)6-11-2-1-5-13-11/h3-4,7-8,11,13,15H,1-2,5-6H2. The molecule has 1 aromatic carbocycles. The van der Waals surface area contributed by atoms with Crippen molar-refractivity contribution in [1.82, 2.24) is 5.32 Å². The SMILES string of the molecule is O=Cc1ccc(O)cc1CC1CCCN1. The Hall–Kier alpha value is -1.35. The van der Waals surface area contributed by atoms with E-state index in [0.29, 0.717) is 11.6 Å². The molecule has 0 spiro atoms. The van der Waals surface area contributed by atoms with Gasteiger partial charge in [0.25, 0.3) is 0 Å². The normalized spacial score (nSPS) is 20.4. The van der Waals surface area contributed by atoms with Crippen LogP contribution in [0, 0.1) is 0 Å². The van der Waals surface area contributed by atoms with Gasteiger partial charge in [-0.05, 0) is 49.6 Å². The van der Waals surface area contributed by atoms with Gasteiger partial charge in [0.15, 0.2) is 0 Å². The van der Waals surface area contributed by atoms with E-state index >= 15 is 0 Å². The number of carbonyl (C=O) groups is 1. The predicted molar refractivity (Wildman–Crippen MR) is 58.2 cm³/mol. The van der Waals surface area contributed by atoms with E-state index in [0.717, 1.165) is 31.2 Å². The largest absolute Gasteiger partial charge is 0.508 e. The summed E-state index contributed by atoms with van der Waals surface area (Å²) < 4.78 is 0. The van der Waals surface area contributed by atoms with E-state index in [9.17, 15) is 9.90 Å². The third-order valence-corrected chi connectivity index (χ3v) is 2.88. The minimum atomic E-state index is 0.230. The summed E-state index contributed by atoms with van der Waals surface area (Å²) in [5, 5.41) is 12.7. The Balaban J connectivity index is 2.17. The second kappa shape index (κ2) is 4.45. The molecule has 3 nitrogen and oxygen atoms in total. The molecule has 1 heterocycles. The summed E-state index contributed by atoms with van der Waals surface area (Å²) in [7, 11) is 0. The molecular formula is C12H15NO2. The molecule has 1 unspecified atom stereocenters. The van der Waals surface area contributed by atoms with Gasteiger partial charge in [0.1, 0.15) is 12.0 Å². The van der Waals surface area contributed by atoms with Crippen molar-refractivity contribution in [3.8, 4) is 5.75 Å². The Labute approximate surface area is 89.1 Å². The maximum Gasteiger partial charge on any atom is 0.150 e. The molecule has 0 bridgehead atoms. The number of hydrogen-bond donors (Lipinski definition) is 2. The molecule has 3 heteroatoms. The van der Waals surface area contributed by atoms with Gasteiger partial charge in [-0.1, -0.05) is 0 Å². The number of hydrogen-bond acceptors (Lipinski definition) is 3. The van der Waals surface area contributed by atoms with Crippen LogP contribution in [0.25, 0.3) is 0 Å². The Morgan fingerprint density at radius 3 is 3.07 bits per heavy atom. The first kappa shape index (κ1) is 10.2. The van der Waals surface area contributed by atoms with Gasteiger partial charge in [-0.25, -0.2) is 0 Å². The van der Waals surface area contributed by atoms with E-state index in [1.807, 2.05) is 0 Å². The second-order valence-corrected chi connectivity index (χ2v) is 4.00. The van der Waals surface area contributed by atoms with Crippen LogP contribution in [0.5, 0.6) is 5.75 Å². The van der Waals surface area contributed by atoms with Crippen molar-refractivity contribution in [2.75, 3.05) is 6.54 Å². The molecule has 1 aliphatic heterocycles. The average Bonchev–Trinajstić information content (AvgIpc) is 2.71. The van der Waals surface area contributed by atoms with Crippen LogP contribution in [0.15, 0.2) is 18.2 Å². The molecule has 0 amide bonds. The fourth-order valence-electron chi connectivity index (χ4n) is 2.08. The highest BCUT2D eigenvalue weighted by molar-refractivity contribution is 5.77. The van der Waals surface area contributed by atoms with Gasteiger partial charge in [0.05, 0.1) is 0 Å². The van der Waals surface area contributed by atoms with E-state index in [-0.39, 0.29) is 5.75 Å². The lowest BCUT2D eigenvalue weighted by Crippen LogP contribution is -2.24. The van der Waals surface area contributed by atoms with E-state index in [4.69, 9.17) is 0 Å². The molecule has 1 fully saturated rings. The van der Waals surface area contributed by atoms with Crippen molar-refractivity contribution in [2.45, 2.75) is 25.3 Å². The number of aromatic hydroxyl groups is 1. The van der Waals surface area contributed by atoms with Crippen molar-refractivity contribution < 1.29 is 9.90 Å². The van der Waals surface area contributed by atoms with Crippen LogP contribution in [0.1, 0.15) is 28.8 Å². The number of carbonyl (C=O) groups excluding carboxylic acids is 1. The highest BCUT2D eigenvalue weighted by atomic mass is 16.3. The lowest BCUT2D eigenvalue weighted by molar-refractivity contribution is 0.112. The molecule has 0 radical (unpaired) electrons. The van der Waals surface area contributed by atoms with Gasteiger partial charge < -0.3 is 10.4 Å². The fourth-order valence-corrected chi connectivity index (χ4v) is 2.08. The highest BCUT2D eigenvalue weighted by Crippen LogP contribution is 2.19. The smallest absolute Gasteiger partial charge is 0.150 e. The van der Waals surface area contributed by atoms with Crippen molar-refractivity contribution in [1.29, 1.82) is 0 Å². The molecule has 2 N–H and O–H groups in total. The fraction of sp³-hybridized carbons (Fsp3) is 0.417. The number of rotatable bonds is 3. The van der Waals surface area contributed by atoms with Crippen LogP contribution >= 0.6 is 0 Å². The van der Waals surface area contributed by atoms with Crippen LogP contribution < -0.4 is 5.32 Å². The first-order chi connectivity index (χ1) is 7.29. The Bertz CT molecular complexity index is 357. The van der Waals surface area contributed by atoms with Crippen LogP contribution in [0.2, 0.25) is 0 Å². The van der Waals surface area contributed by atoms with Gasteiger partial charge in [-0.15, -0.1) is 0 Å². The molecule has 1 saturated heterocycles. The van der Waals surface area contributed by atoms with Gasteiger partial charge >= 0.3 is 0 Å². The first-order valence-corrected chi connectivity index (χ1v) is 5.30. The first-order valence-electron chi connectivity index (χ1n) is 5.30. The summed E-state index contributed by atoms with van der Waals surface area (Å²) in [5.74, 6) is 0.230. The summed E-state index contributed by atoms with van der Waals surface area (Å²) >= 11 is 0. The number of aldehydes is 1. The third kappa shape index (κ3) is 2.36. The Morgan fingerprint density at radius 2 is 2.40 bits per heavy atom. The van der Waals surface area contributed by atoms with Crippen molar-refractivity contribution in [2.24, 2.45) is 0 Å². The predicted octanol–water partition coefficient (Wildman–Crippen LogP) is 1.50. The zero-order valence-electron chi connectivity index (χ0n) is 8.57. The van der Waals surface area contributed by atoms with Gasteiger partial charge in [0, 0.05) is 11.6 Å². The summed E-state index contributed by atoms with van der Waals surface area (Å²) in [4.78, 5) is 10.8. The van der Waals surface area contributed by atoms with Gasteiger partial charge in [0.2, 0.25) is 0 Å². The van der Waals surface area contributed by atoms with E-state index in [1.165, 1.54) is 6.42 Å². The molecule has 15 heavy (non-hydrogen) atoms. The third-order valence-electron chi connectivity index (χ3n) is 2.88. The van der Waals surface area contributed by atoms with E-state index in [2.05, 4.69) is 5.32 Å².